The first kappa shape index (κ1) is 26.3. The van der Waals surface area contributed by atoms with E-state index in [4.69, 9.17) is 24.3 Å². The number of ether oxygens (including phenoxy) is 2. The fraction of sp³-hybridized carbons (Fsp3) is 0.348. The number of benzene rings is 2. The van der Waals surface area contributed by atoms with E-state index in [1.54, 1.807) is 44.2 Å². The van der Waals surface area contributed by atoms with E-state index in [1.807, 2.05) is 0 Å². The van der Waals surface area contributed by atoms with Crippen LogP contribution in [0.5, 0.6) is 5.75 Å². The van der Waals surface area contributed by atoms with Gasteiger partial charge in [-0.3, -0.25) is 14.2 Å². The lowest BCUT2D eigenvalue weighted by molar-refractivity contribution is -0.140. The largest absolute Gasteiger partial charge is 0.426 e. The highest BCUT2D eigenvalue weighted by molar-refractivity contribution is 7.53. The van der Waals surface area contributed by atoms with Gasteiger partial charge in [0, 0.05) is 12.1 Å². The summed E-state index contributed by atoms with van der Waals surface area (Å²) in [5, 5.41) is 0. The minimum absolute atomic E-state index is 0.0845. The summed E-state index contributed by atoms with van der Waals surface area (Å²) < 4.78 is 33.8. The summed E-state index contributed by atoms with van der Waals surface area (Å²) in [6.07, 6.45) is -0.653. The van der Waals surface area contributed by atoms with Gasteiger partial charge in [-0.15, -0.1) is 0 Å². The fourth-order valence-electron chi connectivity index (χ4n) is 2.90. The van der Waals surface area contributed by atoms with Crippen molar-refractivity contribution in [2.75, 3.05) is 25.1 Å². The van der Waals surface area contributed by atoms with Gasteiger partial charge in [-0.25, -0.2) is 4.79 Å². The standard InChI is InChI=1S/C23H28NO8P/c1-3-29-33(28,30-4-2)16-18(23(27)31-20-13-11-19(24)12-14-20)10-15-21(25)32-22(26)17-8-6-5-7-9-17/h5-9,11-14,18H,3-4,10,15-16,24H2,1-2H3. The van der Waals surface area contributed by atoms with E-state index in [0.717, 1.165) is 0 Å². The molecule has 10 heteroatoms. The molecule has 1 unspecified atom stereocenters. The van der Waals surface area contributed by atoms with Gasteiger partial charge in [0.05, 0.1) is 30.9 Å². The van der Waals surface area contributed by atoms with Crippen LogP contribution in [-0.2, 0) is 27.9 Å². The van der Waals surface area contributed by atoms with Crippen LogP contribution < -0.4 is 10.5 Å². The van der Waals surface area contributed by atoms with Gasteiger partial charge < -0.3 is 24.3 Å². The van der Waals surface area contributed by atoms with Crippen molar-refractivity contribution in [3.8, 4) is 5.75 Å². The monoisotopic (exact) mass is 477 g/mol. The first-order chi connectivity index (χ1) is 15.8. The van der Waals surface area contributed by atoms with Crippen molar-refractivity contribution in [2.45, 2.75) is 26.7 Å². The second-order valence-corrected chi connectivity index (χ2v) is 9.09. The van der Waals surface area contributed by atoms with Crippen molar-refractivity contribution in [1.29, 1.82) is 0 Å². The van der Waals surface area contributed by atoms with E-state index in [9.17, 15) is 18.9 Å². The highest BCUT2D eigenvalue weighted by atomic mass is 31.2. The molecule has 0 spiro atoms. The van der Waals surface area contributed by atoms with Gasteiger partial charge in [0.2, 0.25) is 0 Å². The molecule has 0 aliphatic heterocycles. The molecule has 0 aromatic heterocycles. The lowest BCUT2D eigenvalue weighted by atomic mass is 10.1. The van der Waals surface area contributed by atoms with Crippen molar-refractivity contribution in [2.24, 2.45) is 5.92 Å². The molecule has 0 radical (unpaired) electrons. The summed E-state index contributed by atoms with van der Waals surface area (Å²) >= 11 is 0. The number of carbonyl (C=O) groups excluding carboxylic acids is 3. The molecular weight excluding hydrogens is 449 g/mol. The third-order valence-electron chi connectivity index (χ3n) is 4.44. The second kappa shape index (κ2) is 12.9. The van der Waals surface area contributed by atoms with Gasteiger partial charge in [-0.05, 0) is 56.7 Å². The van der Waals surface area contributed by atoms with Crippen LogP contribution >= 0.6 is 7.60 Å². The predicted molar refractivity (Wildman–Crippen MR) is 122 cm³/mol. The van der Waals surface area contributed by atoms with Crippen LogP contribution in [-0.4, -0.2) is 37.3 Å². The Morgan fingerprint density at radius 2 is 1.55 bits per heavy atom. The van der Waals surface area contributed by atoms with E-state index >= 15 is 0 Å². The summed E-state index contributed by atoms with van der Waals surface area (Å²) in [5.41, 5.74) is 6.36. The number of anilines is 1. The van der Waals surface area contributed by atoms with Crippen LogP contribution in [0.1, 0.15) is 37.0 Å². The Morgan fingerprint density at radius 3 is 2.12 bits per heavy atom. The third-order valence-corrected chi connectivity index (χ3v) is 6.63. The quantitative estimate of drug-likeness (QED) is 0.157. The van der Waals surface area contributed by atoms with Crippen LogP contribution in [0.2, 0.25) is 0 Å². The molecule has 33 heavy (non-hydrogen) atoms. The number of hydrogen-bond donors (Lipinski definition) is 1. The van der Waals surface area contributed by atoms with Crippen LogP contribution in [0.4, 0.5) is 5.69 Å². The molecule has 0 saturated carbocycles. The predicted octanol–water partition coefficient (Wildman–Crippen LogP) is 4.22. The third kappa shape index (κ3) is 8.81. The maximum absolute atomic E-state index is 13.0. The maximum Gasteiger partial charge on any atom is 0.345 e. The number of rotatable bonds is 12. The number of hydrogen-bond acceptors (Lipinski definition) is 9. The van der Waals surface area contributed by atoms with Crippen LogP contribution in [0, 0.1) is 5.92 Å². The van der Waals surface area contributed by atoms with Crippen molar-refractivity contribution < 1.29 is 37.5 Å². The lowest BCUT2D eigenvalue weighted by Crippen LogP contribution is -2.26. The Kier molecular flexibility index (Phi) is 10.3. The summed E-state index contributed by atoms with van der Waals surface area (Å²) in [4.78, 5) is 37.1. The van der Waals surface area contributed by atoms with Crippen molar-refractivity contribution >= 4 is 31.2 Å². The zero-order chi connectivity index (χ0) is 24.3. The molecule has 0 fully saturated rings. The molecule has 2 aromatic rings. The molecule has 0 saturated heterocycles. The lowest BCUT2D eigenvalue weighted by Gasteiger charge is -2.22. The van der Waals surface area contributed by atoms with Crippen molar-refractivity contribution in [1.82, 2.24) is 0 Å². The Balaban J connectivity index is 2.09. The van der Waals surface area contributed by atoms with Gasteiger partial charge in [0.25, 0.3) is 0 Å². The van der Waals surface area contributed by atoms with E-state index in [0.29, 0.717) is 5.69 Å². The molecule has 0 amide bonds. The summed E-state index contributed by atoms with van der Waals surface area (Å²) in [7, 11) is -3.62. The molecule has 1 atom stereocenters. The van der Waals surface area contributed by atoms with E-state index in [2.05, 4.69) is 0 Å². The number of esters is 3. The molecule has 0 heterocycles. The minimum atomic E-state index is -3.62. The molecule has 2 N–H and O–H groups in total. The Hall–Kier alpha value is -3.00. The molecule has 0 bridgehead atoms. The normalized spacial score (nSPS) is 12.1. The molecule has 9 nitrogen and oxygen atoms in total. The average molecular weight is 477 g/mol. The van der Waals surface area contributed by atoms with Crippen LogP contribution in [0.3, 0.4) is 0 Å². The van der Waals surface area contributed by atoms with Gasteiger partial charge in [-0.2, -0.15) is 0 Å². The zero-order valence-corrected chi connectivity index (χ0v) is 19.5. The van der Waals surface area contributed by atoms with Crippen molar-refractivity contribution in [3.05, 3.63) is 60.2 Å². The Labute approximate surface area is 192 Å². The molecule has 2 rings (SSSR count). The number of carbonyl (C=O) groups is 3. The smallest absolute Gasteiger partial charge is 0.345 e. The summed E-state index contributed by atoms with van der Waals surface area (Å²) in [6, 6.07) is 14.2. The Bertz CT molecular complexity index is 968. The van der Waals surface area contributed by atoms with Gasteiger partial charge in [0.1, 0.15) is 5.75 Å². The highest BCUT2D eigenvalue weighted by Gasteiger charge is 2.34. The topological polar surface area (TPSA) is 131 Å². The zero-order valence-electron chi connectivity index (χ0n) is 18.6. The first-order valence-electron chi connectivity index (χ1n) is 10.5. The fourth-order valence-corrected chi connectivity index (χ4v) is 4.85. The number of nitrogens with two attached hydrogens (primary N) is 1. The first-order valence-corrected chi connectivity index (χ1v) is 12.2. The molecule has 0 aliphatic carbocycles. The van der Waals surface area contributed by atoms with E-state index < -0.39 is 31.4 Å². The highest BCUT2D eigenvalue weighted by Crippen LogP contribution is 2.50. The Morgan fingerprint density at radius 1 is 0.939 bits per heavy atom. The second-order valence-electron chi connectivity index (χ2n) is 6.98. The van der Waals surface area contributed by atoms with Crippen molar-refractivity contribution in [3.63, 3.8) is 0 Å². The summed E-state index contributed by atoms with van der Waals surface area (Å²) in [6.45, 7) is 3.54. The van der Waals surface area contributed by atoms with Gasteiger partial charge in [0.15, 0.2) is 0 Å². The van der Waals surface area contributed by atoms with Crippen LogP contribution in [0.25, 0.3) is 0 Å². The van der Waals surface area contributed by atoms with E-state index in [-0.39, 0.29) is 43.5 Å². The van der Waals surface area contributed by atoms with E-state index in [1.165, 1.54) is 24.3 Å². The van der Waals surface area contributed by atoms with Gasteiger partial charge in [-0.1, -0.05) is 18.2 Å². The summed E-state index contributed by atoms with van der Waals surface area (Å²) in [5.74, 6) is -3.11. The minimum Gasteiger partial charge on any atom is -0.426 e. The molecular formula is C23H28NO8P. The number of nitrogen functional groups attached to an aromatic ring is 1. The SMILES string of the molecule is CCOP(=O)(CC(CCC(=O)OC(=O)c1ccccc1)C(=O)Oc1ccc(N)cc1)OCC. The van der Waals surface area contributed by atoms with Gasteiger partial charge >= 0.3 is 25.5 Å². The molecule has 0 aliphatic rings. The van der Waals surface area contributed by atoms with Crippen LogP contribution in [0.15, 0.2) is 54.6 Å². The molecule has 178 valence electrons. The maximum atomic E-state index is 13.0. The molecule has 2 aromatic carbocycles. The average Bonchev–Trinajstić information content (AvgIpc) is 2.79.